The molecule has 1 fully saturated rings. The van der Waals surface area contributed by atoms with E-state index in [1.807, 2.05) is 30.3 Å². The Bertz CT molecular complexity index is 1140. The van der Waals surface area contributed by atoms with Gasteiger partial charge in [-0.25, -0.2) is 13.4 Å². The summed E-state index contributed by atoms with van der Waals surface area (Å²) in [6.45, 7) is 0.641. The predicted molar refractivity (Wildman–Crippen MR) is 116 cm³/mol. The molecule has 8 heteroatoms. The molecule has 1 aromatic heterocycles. The molecule has 0 bridgehead atoms. The first kappa shape index (κ1) is 20.0. The second-order valence-corrected chi connectivity index (χ2v) is 9.89. The highest BCUT2D eigenvalue weighted by molar-refractivity contribution is 9.10. The van der Waals surface area contributed by atoms with Gasteiger partial charge in [-0.1, -0.05) is 30.3 Å². The monoisotopic (exact) mass is 473 g/mol. The van der Waals surface area contributed by atoms with E-state index < -0.39 is 10.0 Å². The number of pyridine rings is 1. The van der Waals surface area contributed by atoms with E-state index in [1.54, 1.807) is 30.5 Å². The number of carbonyl (C=O) groups is 1. The largest absolute Gasteiger partial charge is 0.310 e. The molecule has 6 nitrogen and oxygen atoms in total. The second kappa shape index (κ2) is 8.22. The quantitative estimate of drug-likeness (QED) is 0.619. The number of anilines is 1. The smallest absolute Gasteiger partial charge is 0.243 e. The summed E-state index contributed by atoms with van der Waals surface area (Å²) in [5, 5.41) is 4.70. The molecule has 0 spiro atoms. The third-order valence-electron chi connectivity index (χ3n) is 5.16. The number of amides is 1. The minimum atomic E-state index is -3.58. The van der Waals surface area contributed by atoms with Crippen molar-refractivity contribution in [3.05, 3.63) is 65.3 Å². The summed E-state index contributed by atoms with van der Waals surface area (Å²) in [6.07, 6.45) is 2.58. The van der Waals surface area contributed by atoms with Gasteiger partial charge in [-0.15, -0.1) is 0 Å². The van der Waals surface area contributed by atoms with Gasteiger partial charge in [-0.3, -0.25) is 4.79 Å². The molecule has 2 aromatic carbocycles. The van der Waals surface area contributed by atoms with Crippen molar-refractivity contribution in [3.8, 4) is 0 Å². The molecule has 1 saturated heterocycles. The van der Waals surface area contributed by atoms with Crippen molar-refractivity contribution in [1.29, 1.82) is 0 Å². The molecular weight excluding hydrogens is 454 g/mol. The van der Waals surface area contributed by atoms with Crippen LogP contribution in [0.25, 0.3) is 10.8 Å². The maximum absolute atomic E-state index is 13.0. The van der Waals surface area contributed by atoms with E-state index in [-0.39, 0.29) is 16.7 Å². The van der Waals surface area contributed by atoms with Gasteiger partial charge in [0.15, 0.2) is 0 Å². The number of sulfonamides is 1. The van der Waals surface area contributed by atoms with Gasteiger partial charge in [0.1, 0.15) is 5.82 Å². The first-order chi connectivity index (χ1) is 13.9. The van der Waals surface area contributed by atoms with Crippen molar-refractivity contribution < 1.29 is 13.2 Å². The topological polar surface area (TPSA) is 79.4 Å². The number of rotatable bonds is 4. The normalized spacial score (nSPS) is 16.0. The Morgan fingerprint density at radius 2 is 1.76 bits per heavy atom. The van der Waals surface area contributed by atoms with E-state index in [1.165, 1.54) is 4.31 Å². The molecule has 150 valence electrons. The highest BCUT2D eigenvalue weighted by Crippen LogP contribution is 2.27. The van der Waals surface area contributed by atoms with Crippen LogP contribution < -0.4 is 5.32 Å². The third-order valence-corrected chi connectivity index (χ3v) is 7.53. The van der Waals surface area contributed by atoms with Crippen molar-refractivity contribution >= 4 is 48.5 Å². The lowest BCUT2D eigenvalue weighted by molar-refractivity contribution is -0.120. The minimum Gasteiger partial charge on any atom is -0.310 e. The van der Waals surface area contributed by atoms with E-state index in [0.717, 1.165) is 15.2 Å². The third kappa shape index (κ3) is 4.34. The number of halogens is 1. The van der Waals surface area contributed by atoms with Crippen molar-refractivity contribution in [3.63, 3.8) is 0 Å². The summed E-state index contributed by atoms with van der Waals surface area (Å²) in [5.41, 5.74) is 0. The molecule has 1 aliphatic rings. The number of carbonyl (C=O) groups excluding carboxylic acids is 1. The zero-order valence-corrected chi connectivity index (χ0v) is 18.0. The van der Waals surface area contributed by atoms with E-state index in [9.17, 15) is 13.2 Å². The van der Waals surface area contributed by atoms with Crippen LogP contribution in [-0.2, 0) is 14.8 Å². The molecule has 2 heterocycles. The number of benzene rings is 2. The molecule has 1 N–H and O–H groups in total. The summed E-state index contributed by atoms with van der Waals surface area (Å²) >= 11 is 3.31. The Labute approximate surface area is 178 Å². The number of aromatic nitrogens is 1. The van der Waals surface area contributed by atoms with Gasteiger partial charge in [0.25, 0.3) is 0 Å². The highest BCUT2D eigenvalue weighted by atomic mass is 79.9. The highest BCUT2D eigenvalue weighted by Gasteiger charge is 2.32. The molecule has 0 aliphatic carbocycles. The zero-order valence-electron chi connectivity index (χ0n) is 15.6. The summed E-state index contributed by atoms with van der Waals surface area (Å²) < 4.78 is 28.4. The predicted octanol–water partition coefficient (Wildman–Crippen LogP) is 4.04. The Morgan fingerprint density at radius 1 is 1.03 bits per heavy atom. The van der Waals surface area contributed by atoms with Crippen LogP contribution in [0.1, 0.15) is 12.8 Å². The van der Waals surface area contributed by atoms with E-state index in [2.05, 4.69) is 26.2 Å². The lowest BCUT2D eigenvalue weighted by atomic mass is 9.97. The van der Waals surface area contributed by atoms with Gasteiger partial charge < -0.3 is 5.32 Å². The van der Waals surface area contributed by atoms with Gasteiger partial charge in [0.2, 0.25) is 15.9 Å². The van der Waals surface area contributed by atoms with Crippen LogP contribution in [-0.4, -0.2) is 36.7 Å². The summed E-state index contributed by atoms with van der Waals surface area (Å²) in [6, 6.07) is 16.4. The van der Waals surface area contributed by atoms with Gasteiger partial charge in [0, 0.05) is 29.7 Å². The molecule has 4 rings (SSSR count). The lowest BCUT2D eigenvalue weighted by Crippen LogP contribution is -2.41. The molecule has 0 saturated carbocycles. The Morgan fingerprint density at radius 3 is 2.45 bits per heavy atom. The van der Waals surface area contributed by atoms with E-state index >= 15 is 0 Å². The van der Waals surface area contributed by atoms with Crippen LogP contribution in [0.15, 0.2) is 70.2 Å². The van der Waals surface area contributed by atoms with E-state index in [4.69, 9.17) is 0 Å². The lowest BCUT2D eigenvalue weighted by Gasteiger charge is -2.30. The Kier molecular flexibility index (Phi) is 5.67. The minimum absolute atomic E-state index is 0.123. The molecule has 1 aliphatic heterocycles. The van der Waals surface area contributed by atoms with Crippen molar-refractivity contribution in [1.82, 2.24) is 9.29 Å². The van der Waals surface area contributed by atoms with Crippen LogP contribution in [0.2, 0.25) is 0 Å². The average molecular weight is 474 g/mol. The molecule has 0 unspecified atom stereocenters. The van der Waals surface area contributed by atoms with Gasteiger partial charge >= 0.3 is 0 Å². The Balaban J connectivity index is 1.42. The first-order valence-electron chi connectivity index (χ1n) is 9.35. The molecular formula is C21H20BrN3O3S. The number of nitrogens with zero attached hydrogens (tertiary/aromatic N) is 2. The number of hydrogen-bond donors (Lipinski definition) is 1. The molecule has 0 atom stereocenters. The number of hydrogen-bond acceptors (Lipinski definition) is 4. The van der Waals surface area contributed by atoms with Crippen LogP contribution >= 0.6 is 15.9 Å². The van der Waals surface area contributed by atoms with Gasteiger partial charge in [-0.2, -0.15) is 4.31 Å². The van der Waals surface area contributed by atoms with Crippen LogP contribution in [0, 0.1) is 5.92 Å². The fourth-order valence-electron chi connectivity index (χ4n) is 3.51. The average Bonchev–Trinajstić information content (AvgIpc) is 2.75. The van der Waals surface area contributed by atoms with Crippen molar-refractivity contribution in [2.75, 3.05) is 18.4 Å². The number of nitrogens with one attached hydrogen (secondary N) is 1. The van der Waals surface area contributed by atoms with Crippen molar-refractivity contribution in [2.45, 2.75) is 17.7 Å². The summed E-state index contributed by atoms with van der Waals surface area (Å²) in [4.78, 5) is 16.9. The second-order valence-electron chi connectivity index (χ2n) is 7.04. The maximum atomic E-state index is 13.0. The summed E-state index contributed by atoms with van der Waals surface area (Å²) in [7, 11) is -3.58. The molecule has 0 radical (unpaired) electrons. The SMILES string of the molecule is O=C(Nc1ccc(Br)cn1)C1CCN(S(=O)(=O)c2ccc3ccccc3c2)CC1. The van der Waals surface area contributed by atoms with Crippen molar-refractivity contribution in [2.24, 2.45) is 5.92 Å². The van der Waals surface area contributed by atoms with Gasteiger partial charge in [0.05, 0.1) is 4.90 Å². The fraction of sp³-hybridized carbons (Fsp3) is 0.238. The number of piperidine rings is 1. The van der Waals surface area contributed by atoms with Crippen LogP contribution in [0.4, 0.5) is 5.82 Å². The van der Waals surface area contributed by atoms with Crippen LogP contribution in [0.5, 0.6) is 0 Å². The molecule has 1 amide bonds. The maximum Gasteiger partial charge on any atom is 0.243 e. The zero-order chi connectivity index (χ0) is 20.4. The Hall–Kier alpha value is -2.29. The summed E-state index contributed by atoms with van der Waals surface area (Å²) in [5.74, 6) is 0.135. The first-order valence-corrected chi connectivity index (χ1v) is 11.6. The van der Waals surface area contributed by atoms with Crippen LogP contribution in [0.3, 0.4) is 0 Å². The molecule has 29 heavy (non-hydrogen) atoms. The number of fused-ring (bicyclic) bond motifs is 1. The fourth-order valence-corrected chi connectivity index (χ4v) is 5.25. The standard InChI is InChI=1S/C21H20BrN3O3S/c22-18-6-8-20(23-14-18)24-21(26)16-9-11-25(12-10-16)29(27,28)19-7-5-15-3-1-2-4-17(15)13-19/h1-8,13-14,16H,9-12H2,(H,23,24,26). The van der Waals surface area contributed by atoms with E-state index in [0.29, 0.717) is 31.7 Å². The van der Waals surface area contributed by atoms with Gasteiger partial charge in [-0.05, 0) is 63.8 Å². The molecule has 3 aromatic rings.